The molecule has 17 heavy (non-hydrogen) atoms. The van der Waals surface area contributed by atoms with Crippen LogP contribution in [-0.4, -0.2) is 27.2 Å². The van der Waals surface area contributed by atoms with Gasteiger partial charge in [-0.25, -0.2) is 4.39 Å². The molecular weight excluding hydrogens is 241 g/mol. The molecule has 0 amide bonds. The fourth-order valence-electron chi connectivity index (χ4n) is 1.94. The standard InChI is InChI=1S/C11H19BFO3P/c1-3-15-17(14,16-4-2)6-5-9-7-10(12)11(13)8-9/h8-10H,3-7H2,1-2H3. The average Bonchev–Trinajstić information content (AvgIpc) is 2.57. The van der Waals surface area contributed by atoms with Gasteiger partial charge in [-0.3, -0.25) is 4.57 Å². The molecule has 1 aliphatic carbocycles. The van der Waals surface area contributed by atoms with Crippen molar-refractivity contribution >= 4 is 15.4 Å². The van der Waals surface area contributed by atoms with Gasteiger partial charge in [0.2, 0.25) is 0 Å². The maximum absolute atomic E-state index is 13.1. The van der Waals surface area contributed by atoms with Crippen molar-refractivity contribution < 1.29 is 18.0 Å². The zero-order valence-corrected chi connectivity index (χ0v) is 11.3. The normalized spacial score (nSPS) is 25.0. The molecule has 0 aromatic rings. The van der Waals surface area contributed by atoms with Crippen LogP contribution in [0.3, 0.4) is 0 Å². The van der Waals surface area contributed by atoms with Crippen molar-refractivity contribution in [2.75, 3.05) is 19.4 Å². The fraction of sp³-hybridized carbons (Fsp3) is 0.818. The van der Waals surface area contributed by atoms with Crippen molar-refractivity contribution in [1.29, 1.82) is 0 Å². The first-order valence-electron chi connectivity index (χ1n) is 6.01. The number of hydrogen-bond donors (Lipinski definition) is 0. The molecule has 0 bridgehead atoms. The van der Waals surface area contributed by atoms with Gasteiger partial charge in [0.1, 0.15) is 0 Å². The van der Waals surface area contributed by atoms with Gasteiger partial charge in [-0.15, -0.1) is 0 Å². The summed E-state index contributed by atoms with van der Waals surface area (Å²) < 4.78 is 35.6. The lowest BCUT2D eigenvalue weighted by Crippen LogP contribution is -2.04. The van der Waals surface area contributed by atoms with E-state index in [1.165, 1.54) is 6.08 Å². The predicted molar refractivity (Wildman–Crippen MR) is 67.1 cm³/mol. The Hall–Kier alpha value is -0.115. The van der Waals surface area contributed by atoms with Gasteiger partial charge < -0.3 is 9.05 Å². The molecule has 0 spiro atoms. The minimum Gasteiger partial charge on any atom is -0.309 e. The Balaban J connectivity index is 2.45. The highest BCUT2D eigenvalue weighted by Crippen LogP contribution is 2.50. The first-order chi connectivity index (χ1) is 8.00. The summed E-state index contributed by atoms with van der Waals surface area (Å²) in [6.07, 6.45) is 2.99. The van der Waals surface area contributed by atoms with Gasteiger partial charge in [0.25, 0.3) is 0 Å². The second-order valence-electron chi connectivity index (χ2n) is 4.11. The van der Waals surface area contributed by atoms with Crippen molar-refractivity contribution in [3.63, 3.8) is 0 Å². The highest BCUT2D eigenvalue weighted by molar-refractivity contribution is 7.53. The van der Waals surface area contributed by atoms with E-state index in [-0.39, 0.29) is 11.7 Å². The molecule has 0 aliphatic heterocycles. The molecule has 2 radical (unpaired) electrons. The molecule has 0 aromatic carbocycles. The van der Waals surface area contributed by atoms with Gasteiger partial charge in [-0.05, 0) is 38.4 Å². The third-order valence-corrected chi connectivity index (χ3v) is 4.84. The van der Waals surface area contributed by atoms with Gasteiger partial charge in [-0.2, -0.15) is 0 Å². The number of hydrogen-bond acceptors (Lipinski definition) is 3. The summed E-state index contributed by atoms with van der Waals surface area (Å²) in [5.74, 6) is -0.726. The van der Waals surface area contributed by atoms with Gasteiger partial charge in [0.15, 0.2) is 0 Å². The summed E-state index contributed by atoms with van der Waals surface area (Å²) in [6, 6.07) is 0. The van der Waals surface area contributed by atoms with E-state index >= 15 is 0 Å². The smallest absolute Gasteiger partial charge is 0.309 e. The quantitative estimate of drug-likeness (QED) is 0.519. The van der Waals surface area contributed by atoms with Gasteiger partial charge >= 0.3 is 7.60 Å². The number of rotatable bonds is 7. The van der Waals surface area contributed by atoms with Crippen molar-refractivity contribution in [2.45, 2.75) is 32.5 Å². The van der Waals surface area contributed by atoms with Crippen molar-refractivity contribution in [3.8, 4) is 0 Å². The molecule has 0 fully saturated rings. The van der Waals surface area contributed by atoms with Crippen LogP contribution in [0.4, 0.5) is 4.39 Å². The topological polar surface area (TPSA) is 35.5 Å². The van der Waals surface area contributed by atoms with Crippen LogP contribution in [0.25, 0.3) is 0 Å². The average molecular weight is 260 g/mol. The van der Waals surface area contributed by atoms with Gasteiger partial charge in [-0.1, -0.05) is 6.08 Å². The highest BCUT2D eigenvalue weighted by atomic mass is 31.2. The van der Waals surface area contributed by atoms with E-state index in [0.29, 0.717) is 32.2 Å². The lowest BCUT2D eigenvalue weighted by atomic mass is 9.84. The molecule has 1 rings (SSSR count). The maximum Gasteiger partial charge on any atom is 0.330 e. The molecule has 1 aliphatic rings. The van der Waals surface area contributed by atoms with E-state index in [9.17, 15) is 8.96 Å². The van der Waals surface area contributed by atoms with Crippen LogP contribution in [0.1, 0.15) is 26.7 Å². The van der Waals surface area contributed by atoms with Crippen LogP contribution >= 0.6 is 7.60 Å². The third kappa shape index (κ3) is 4.57. The van der Waals surface area contributed by atoms with E-state index in [0.717, 1.165) is 0 Å². The van der Waals surface area contributed by atoms with Gasteiger partial charge in [0.05, 0.1) is 33.0 Å². The molecule has 0 heterocycles. The summed E-state index contributed by atoms with van der Waals surface area (Å²) in [5, 5.41) is 0. The minimum atomic E-state index is -3.00. The van der Waals surface area contributed by atoms with Crippen molar-refractivity contribution in [1.82, 2.24) is 0 Å². The molecule has 2 atom stereocenters. The number of halogens is 1. The van der Waals surface area contributed by atoms with Crippen LogP contribution in [0.2, 0.25) is 5.82 Å². The van der Waals surface area contributed by atoms with E-state index in [4.69, 9.17) is 16.9 Å². The van der Waals surface area contributed by atoms with Crippen LogP contribution in [0.15, 0.2) is 11.9 Å². The second-order valence-corrected chi connectivity index (χ2v) is 6.30. The van der Waals surface area contributed by atoms with E-state index in [1.807, 2.05) is 0 Å². The molecule has 0 N–H and O–H groups in total. The van der Waals surface area contributed by atoms with Crippen molar-refractivity contribution in [2.24, 2.45) is 5.92 Å². The zero-order chi connectivity index (χ0) is 12.9. The SMILES string of the molecule is [B]C1CC(CCP(=O)(OCC)OCC)C=C1F. The first-order valence-corrected chi connectivity index (χ1v) is 7.74. The fourth-order valence-corrected chi connectivity index (χ4v) is 3.71. The van der Waals surface area contributed by atoms with Crippen LogP contribution in [0, 0.1) is 5.92 Å². The number of allylic oxidation sites excluding steroid dienone is 2. The lowest BCUT2D eigenvalue weighted by molar-refractivity contribution is 0.219. The Bertz CT molecular complexity index is 312. The third-order valence-electron chi connectivity index (χ3n) is 2.73. The summed E-state index contributed by atoms with van der Waals surface area (Å²) in [5.41, 5.74) is 0. The Morgan fingerprint density at radius 3 is 2.47 bits per heavy atom. The van der Waals surface area contributed by atoms with E-state index < -0.39 is 13.4 Å². The molecule has 6 heteroatoms. The van der Waals surface area contributed by atoms with Gasteiger partial charge in [0, 0.05) is 0 Å². The molecule has 0 saturated heterocycles. The monoisotopic (exact) mass is 260 g/mol. The lowest BCUT2D eigenvalue weighted by Gasteiger charge is -2.18. The summed E-state index contributed by atoms with van der Waals surface area (Å²) >= 11 is 0. The largest absolute Gasteiger partial charge is 0.330 e. The Labute approximate surface area is 104 Å². The zero-order valence-electron chi connectivity index (χ0n) is 10.4. The first kappa shape index (κ1) is 14.9. The van der Waals surface area contributed by atoms with Crippen molar-refractivity contribution in [3.05, 3.63) is 11.9 Å². The Morgan fingerprint density at radius 1 is 1.47 bits per heavy atom. The molecule has 3 nitrogen and oxygen atoms in total. The summed E-state index contributed by atoms with van der Waals surface area (Å²) in [6.45, 7) is 4.25. The van der Waals surface area contributed by atoms with E-state index in [1.54, 1.807) is 13.8 Å². The van der Waals surface area contributed by atoms with Crippen LogP contribution in [-0.2, 0) is 13.6 Å². The molecule has 0 aromatic heterocycles. The summed E-state index contributed by atoms with van der Waals surface area (Å²) in [4.78, 5) is 0. The van der Waals surface area contributed by atoms with Crippen LogP contribution in [0.5, 0.6) is 0 Å². The predicted octanol–water partition coefficient (Wildman–Crippen LogP) is 3.47. The minimum absolute atomic E-state index is 0.0410. The Morgan fingerprint density at radius 2 is 2.06 bits per heavy atom. The molecule has 0 saturated carbocycles. The molecule has 2 unspecified atom stereocenters. The Kier molecular flexibility index (Phi) is 5.91. The molecular formula is C11H19BFO3P. The summed E-state index contributed by atoms with van der Waals surface area (Å²) in [7, 11) is 2.55. The van der Waals surface area contributed by atoms with E-state index in [2.05, 4.69) is 0 Å². The highest BCUT2D eigenvalue weighted by Gasteiger charge is 2.28. The second kappa shape index (κ2) is 6.72. The van der Waals surface area contributed by atoms with Crippen LogP contribution < -0.4 is 0 Å². The maximum atomic E-state index is 13.1. The molecule has 96 valence electrons.